The molecule has 0 bridgehead atoms. The highest BCUT2D eigenvalue weighted by Gasteiger charge is 2.09. The van der Waals surface area contributed by atoms with Crippen LogP contribution in [0.15, 0.2) is 46.9 Å². The van der Waals surface area contributed by atoms with E-state index >= 15 is 0 Å². The van der Waals surface area contributed by atoms with Crippen molar-refractivity contribution in [1.29, 1.82) is 0 Å². The van der Waals surface area contributed by atoms with Crippen LogP contribution >= 0.6 is 0 Å². The van der Waals surface area contributed by atoms with Crippen LogP contribution in [0.4, 0.5) is 0 Å². The van der Waals surface area contributed by atoms with Gasteiger partial charge >= 0.3 is 0 Å². The summed E-state index contributed by atoms with van der Waals surface area (Å²) < 4.78 is 5.58. The number of furan rings is 1. The summed E-state index contributed by atoms with van der Waals surface area (Å²) >= 11 is 0. The quantitative estimate of drug-likeness (QED) is 0.573. The van der Waals surface area contributed by atoms with Crippen LogP contribution in [0.2, 0.25) is 0 Å². The normalized spacial score (nSPS) is 10.9. The van der Waals surface area contributed by atoms with Crippen molar-refractivity contribution in [2.24, 2.45) is 0 Å². The van der Waals surface area contributed by atoms with Crippen LogP contribution in [0.5, 0.6) is 17.2 Å². The Balaban J connectivity index is 2.16. The monoisotopic (exact) mass is 242 g/mol. The van der Waals surface area contributed by atoms with Gasteiger partial charge in [-0.05, 0) is 36.4 Å². The largest absolute Gasteiger partial charge is 0.508 e. The second-order valence-electron chi connectivity index (χ2n) is 4.04. The molecule has 1 aromatic heterocycles. The first-order chi connectivity index (χ1) is 8.63. The molecule has 0 saturated heterocycles. The molecule has 0 radical (unpaired) electrons. The van der Waals surface area contributed by atoms with Crippen molar-refractivity contribution in [3.63, 3.8) is 0 Å². The Labute approximate surface area is 102 Å². The molecule has 0 saturated carbocycles. The standard InChI is InChI=1S/C14H10O4/c15-10-3-1-9-6-13(18-14(9)7-10)8-2-4-11(16)12(17)5-8/h1-7,15-17H. The van der Waals surface area contributed by atoms with Crippen LogP contribution < -0.4 is 0 Å². The number of benzene rings is 2. The molecule has 0 unspecified atom stereocenters. The van der Waals surface area contributed by atoms with Crippen molar-refractivity contribution in [3.05, 3.63) is 42.5 Å². The van der Waals surface area contributed by atoms with E-state index in [0.29, 0.717) is 16.9 Å². The predicted octanol–water partition coefficient (Wildman–Crippen LogP) is 3.22. The molecule has 0 aliphatic rings. The molecule has 1 heterocycles. The first-order valence-electron chi connectivity index (χ1n) is 5.38. The molecule has 18 heavy (non-hydrogen) atoms. The number of hydrogen-bond acceptors (Lipinski definition) is 4. The summed E-state index contributed by atoms with van der Waals surface area (Å²) in [6.07, 6.45) is 0. The Morgan fingerprint density at radius 3 is 2.39 bits per heavy atom. The molecule has 90 valence electrons. The summed E-state index contributed by atoms with van der Waals surface area (Å²) in [5.74, 6) is 0.325. The summed E-state index contributed by atoms with van der Waals surface area (Å²) in [5, 5.41) is 28.9. The van der Waals surface area contributed by atoms with Gasteiger partial charge in [0.25, 0.3) is 0 Å². The third-order valence-electron chi connectivity index (χ3n) is 2.76. The van der Waals surface area contributed by atoms with Gasteiger partial charge < -0.3 is 19.7 Å². The first-order valence-corrected chi connectivity index (χ1v) is 5.38. The second-order valence-corrected chi connectivity index (χ2v) is 4.04. The molecule has 0 fully saturated rings. The molecule has 0 spiro atoms. The Hall–Kier alpha value is -2.62. The average Bonchev–Trinajstić information content (AvgIpc) is 2.75. The van der Waals surface area contributed by atoms with Gasteiger partial charge in [-0.2, -0.15) is 0 Å². The van der Waals surface area contributed by atoms with Crippen molar-refractivity contribution < 1.29 is 19.7 Å². The smallest absolute Gasteiger partial charge is 0.158 e. The summed E-state index contributed by atoms with van der Waals surface area (Å²) in [4.78, 5) is 0. The van der Waals surface area contributed by atoms with E-state index in [-0.39, 0.29) is 17.2 Å². The van der Waals surface area contributed by atoms with Gasteiger partial charge in [0.15, 0.2) is 11.5 Å². The lowest BCUT2D eigenvalue weighted by Gasteiger charge is -1.99. The number of fused-ring (bicyclic) bond motifs is 1. The van der Waals surface area contributed by atoms with Crippen LogP contribution in [-0.4, -0.2) is 15.3 Å². The zero-order chi connectivity index (χ0) is 12.7. The van der Waals surface area contributed by atoms with E-state index < -0.39 is 0 Å². The lowest BCUT2D eigenvalue weighted by atomic mass is 10.1. The third-order valence-corrected chi connectivity index (χ3v) is 2.76. The lowest BCUT2D eigenvalue weighted by Crippen LogP contribution is -1.74. The van der Waals surface area contributed by atoms with Crippen molar-refractivity contribution in [2.75, 3.05) is 0 Å². The maximum atomic E-state index is 9.45. The first kappa shape index (κ1) is 10.5. The minimum atomic E-state index is -0.198. The fourth-order valence-corrected chi connectivity index (χ4v) is 1.84. The van der Waals surface area contributed by atoms with Crippen LogP contribution in [0.3, 0.4) is 0 Å². The fraction of sp³-hybridized carbons (Fsp3) is 0. The molecule has 4 heteroatoms. The summed E-state index contributed by atoms with van der Waals surface area (Å²) in [5.41, 5.74) is 1.22. The van der Waals surface area contributed by atoms with Gasteiger partial charge in [-0.25, -0.2) is 0 Å². The predicted molar refractivity (Wildman–Crippen MR) is 66.6 cm³/mol. The SMILES string of the molecule is Oc1ccc2cc(-c3ccc(O)c(O)c3)oc2c1. The molecule has 4 nitrogen and oxygen atoms in total. The van der Waals surface area contributed by atoms with E-state index in [1.54, 1.807) is 24.3 Å². The highest BCUT2D eigenvalue weighted by Crippen LogP contribution is 2.34. The average molecular weight is 242 g/mol. The maximum Gasteiger partial charge on any atom is 0.158 e. The van der Waals surface area contributed by atoms with Crippen LogP contribution in [-0.2, 0) is 0 Å². The Kier molecular flexibility index (Phi) is 2.16. The van der Waals surface area contributed by atoms with Crippen LogP contribution in [0.1, 0.15) is 0 Å². The Bertz CT molecular complexity index is 728. The van der Waals surface area contributed by atoms with Gasteiger partial charge in [-0.1, -0.05) is 0 Å². The molecular formula is C14H10O4. The molecule has 2 aromatic carbocycles. The number of rotatable bonds is 1. The third kappa shape index (κ3) is 1.64. The zero-order valence-electron chi connectivity index (χ0n) is 9.29. The molecule has 3 aromatic rings. The summed E-state index contributed by atoms with van der Waals surface area (Å²) in [6, 6.07) is 11.1. The minimum Gasteiger partial charge on any atom is -0.508 e. The van der Waals surface area contributed by atoms with E-state index in [1.807, 2.05) is 0 Å². The molecular weight excluding hydrogens is 232 g/mol. The minimum absolute atomic E-state index is 0.136. The van der Waals surface area contributed by atoms with Crippen molar-refractivity contribution in [1.82, 2.24) is 0 Å². The number of phenols is 3. The fourth-order valence-electron chi connectivity index (χ4n) is 1.84. The van der Waals surface area contributed by atoms with Crippen molar-refractivity contribution in [3.8, 4) is 28.6 Å². The highest BCUT2D eigenvalue weighted by molar-refractivity contribution is 5.84. The van der Waals surface area contributed by atoms with Gasteiger partial charge in [-0.3, -0.25) is 0 Å². The lowest BCUT2D eigenvalue weighted by molar-refractivity contribution is 0.404. The molecule has 3 N–H and O–H groups in total. The topological polar surface area (TPSA) is 73.8 Å². The van der Waals surface area contributed by atoms with Crippen LogP contribution in [0.25, 0.3) is 22.3 Å². The molecule has 0 aliphatic carbocycles. The van der Waals surface area contributed by atoms with E-state index in [4.69, 9.17) is 4.42 Å². The van der Waals surface area contributed by atoms with Gasteiger partial charge in [0, 0.05) is 17.0 Å². The van der Waals surface area contributed by atoms with Gasteiger partial charge in [-0.15, -0.1) is 0 Å². The Morgan fingerprint density at radius 2 is 1.61 bits per heavy atom. The second kappa shape index (κ2) is 3.70. The molecule has 0 aliphatic heterocycles. The van der Waals surface area contributed by atoms with Gasteiger partial charge in [0.1, 0.15) is 17.1 Å². The highest BCUT2D eigenvalue weighted by atomic mass is 16.3. The molecule has 0 amide bonds. The number of hydrogen-bond donors (Lipinski definition) is 3. The van der Waals surface area contributed by atoms with E-state index in [2.05, 4.69) is 0 Å². The number of phenolic OH excluding ortho intramolecular Hbond substituents is 3. The maximum absolute atomic E-state index is 9.45. The summed E-state index contributed by atoms with van der Waals surface area (Å²) in [6.45, 7) is 0. The molecule has 0 atom stereocenters. The van der Waals surface area contributed by atoms with E-state index in [1.165, 1.54) is 18.2 Å². The number of aromatic hydroxyl groups is 3. The van der Waals surface area contributed by atoms with E-state index in [9.17, 15) is 15.3 Å². The van der Waals surface area contributed by atoms with Crippen molar-refractivity contribution >= 4 is 11.0 Å². The van der Waals surface area contributed by atoms with Gasteiger partial charge in [0.2, 0.25) is 0 Å². The Morgan fingerprint density at radius 1 is 0.778 bits per heavy atom. The van der Waals surface area contributed by atoms with Gasteiger partial charge in [0.05, 0.1) is 0 Å². The zero-order valence-corrected chi connectivity index (χ0v) is 9.29. The van der Waals surface area contributed by atoms with Crippen molar-refractivity contribution in [2.45, 2.75) is 0 Å². The van der Waals surface area contributed by atoms with Crippen LogP contribution in [0, 0.1) is 0 Å². The molecule has 3 rings (SSSR count). The summed E-state index contributed by atoms with van der Waals surface area (Å²) in [7, 11) is 0. The van der Waals surface area contributed by atoms with E-state index in [0.717, 1.165) is 5.39 Å².